The molecule has 0 saturated carbocycles. The van der Waals surface area contributed by atoms with Gasteiger partial charge in [0.2, 0.25) is 0 Å². The first-order valence-electron chi connectivity index (χ1n) is 8.06. The molecule has 0 bridgehead atoms. The van der Waals surface area contributed by atoms with Crippen LogP contribution in [-0.4, -0.2) is 48.2 Å². The van der Waals surface area contributed by atoms with Crippen molar-refractivity contribution in [3.63, 3.8) is 0 Å². The number of aliphatic hydroxyl groups is 2. The van der Waals surface area contributed by atoms with E-state index in [1.54, 1.807) is 0 Å². The molecule has 0 aliphatic heterocycles. The maximum absolute atomic E-state index is 10.0. The minimum absolute atomic E-state index is 0.117. The predicted molar refractivity (Wildman–Crippen MR) is 83.9 cm³/mol. The number of rotatable bonds is 13. The smallest absolute Gasteiger partial charge is 0.0791 e. The number of nitrogens with one attached hydrogen (secondary N) is 1. The summed E-state index contributed by atoms with van der Waals surface area (Å²) < 4.78 is 5.67. The van der Waals surface area contributed by atoms with Crippen LogP contribution in [0, 0.1) is 5.92 Å². The van der Waals surface area contributed by atoms with E-state index in [4.69, 9.17) is 9.84 Å². The summed E-state index contributed by atoms with van der Waals surface area (Å²) >= 11 is 0. The van der Waals surface area contributed by atoms with Gasteiger partial charge in [0.15, 0.2) is 0 Å². The van der Waals surface area contributed by atoms with Gasteiger partial charge >= 0.3 is 0 Å². The third kappa shape index (κ3) is 10.6. The lowest BCUT2D eigenvalue weighted by atomic mass is 9.97. The van der Waals surface area contributed by atoms with E-state index in [2.05, 4.69) is 19.2 Å². The van der Waals surface area contributed by atoms with E-state index < -0.39 is 6.10 Å². The van der Waals surface area contributed by atoms with Crippen molar-refractivity contribution in [3.8, 4) is 0 Å². The largest absolute Gasteiger partial charge is 0.395 e. The van der Waals surface area contributed by atoms with Gasteiger partial charge in [0.1, 0.15) is 0 Å². The first kappa shape index (κ1) is 19.8. The van der Waals surface area contributed by atoms with E-state index in [0.29, 0.717) is 25.5 Å². The first-order valence-corrected chi connectivity index (χ1v) is 8.06. The molecule has 0 aromatic heterocycles. The fourth-order valence-corrected chi connectivity index (χ4v) is 2.38. The number of hydrogen-bond donors (Lipinski definition) is 3. The minimum atomic E-state index is -0.458. The van der Waals surface area contributed by atoms with Gasteiger partial charge in [0.25, 0.3) is 0 Å². The molecule has 0 amide bonds. The van der Waals surface area contributed by atoms with Crippen LogP contribution in [0.4, 0.5) is 0 Å². The molecule has 2 unspecified atom stereocenters. The van der Waals surface area contributed by atoms with Crippen LogP contribution in [0.3, 0.4) is 0 Å². The summed E-state index contributed by atoms with van der Waals surface area (Å²) in [5, 5.41) is 22.0. The molecule has 20 heavy (non-hydrogen) atoms. The zero-order chi connectivity index (χ0) is 15.4. The normalized spacial score (nSPS) is 15.3. The van der Waals surface area contributed by atoms with Crippen LogP contribution in [0.5, 0.6) is 0 Å². The number of hydrogen-bond acceptors (Lipinski definition) is 4. The lowest BCUT2D eigenvalue weighted by molar-refractivity contribution is 0.00509. The summed E-state index contributed by atoms with van der Waals surface area (Å²) in [7, 11) is 0. The van der Waals surface area contributed by atoms with Gasteiger partial charge in [-0.05, 0) is 32.6 Å². The fourth-order valence-electron chi connectivity index (χ4n) is 2.38. The van der Waals surface area contributed by atoms with Gasteiger partial charge in [-0.15, -0.1) is 0 Å². The van der Waals surface area contributed by atoms with Crippen molar-refractivity contribution in [3.05, 3.63) is 0 Å². The fraction of sp³-hybridized carbons (Fsp3) is 1.00. The maximum Gasteiger partial charge on any atom is 0.0791 e. The molecule has 2 atom stereocenters. The van der Waals surface area contributed by atoms with Crippen LogP contribution in [0.1, 0.15) is 59.8 Å². The average molecular weight is 289 g/mol. The zero-order valence-corrected chi connectivity index (χ0v) is 13.8. The van der Waals surface area contributed by atoms with E-state index in [-0.39, 0.29) is 12.1 Å². The van der Waals surface area contributed by atoms with Gasteiger partial charge in [0.05, 0.1) is 19.3 Å². The second-order valence-corrected chi connectivity index (χ2v) is 6.35. The van der Waals surface area contributed by atoms with Crippen LogP contribution >= 0.6 is 0 Å². The molecule has 3 N–H and O–H groups in total. The highest BCUT2D eigenvalue weighted by Crippen LogP contribution is 2.15. The van der Waals surface area contributed by atoms with Crippen LogP contribution in [0.2, 0.25) is 0 Å². The summed E-state index contributed by atoms with van der Waals surface area (Å²) in [5.41, 5.74) is -0.183. The second-order valence-electron chi connectivity index (χ2n) is 6.35. The molecule has 0 rings (SSSR count). The molecule has 0 aliphatic rings. The van der Waals surface area contributed by atoms with Crippen molar-refractivity contribution in [2.24, 2.45) is 5.92 Å². The van der Waals surface area contributed by atoms with E-state index in [1.807, 2.05) is 13.8 Å². The number of β-amino-alcohol motifs (C(OH)–C–C–N with tert-alkyl or cyclic N) is 1. The summed E-state index contributed by atoms with van der Waals surface area (Å²) in [6, 6.07) is 0. The molecular weight excluding hydrogens is 254 g/mol. The molecule has 0 spiro atoms. The number of unbranched alkanes of at least 4 members (excludes halogenated alkanes) is 1. The van der Waals surface area contributed by atoms with E-state index in [0.717, 1.165) is 13.0 Å². The monoisotopic (exact) mass is 289 g/mol. The van der Waals surface area contributed by atoms with Crippen LogP contribution < -0.4 is 5.32 Å². The van der Waals surface area contributed by atoms with Crippen molar-refractivity contribution in [1.82, 2.24) is 5.32 Å². The van der Waals surface area contributed by atoms with E-state index in [1.165, 1.54) is 19.3 Å². The van der Waals surface area contributed by atoms with Crippen molar-refractivity contribution in [2.45, 2.75) is 71.4 Å². The van der Waals surface area contributed by atoms with E-state index in [9.17, 15) is 5.11 Å². The SMILES string of the molecule is CCCCC(CC)COCC(O)CC(C)(C)NCCO. The predicted octanol–water partition coefficient (Wildman–Crippen LogP) is 2.33. The Balaban J connectivity index is 3.83. The van der Waals surface area contributed by atoms with Gasteiger partial charge in [-0.1, -0.05) is 33.1 Å². The van der Waals surface area contributed by atoms with Gasteiger partial charge in [-0.2, -0.15) is 0 Å². The number of ether oxygens (including phenoxy) is 1. The molecule has 0 aromatic carbocycles. The Morgan fingerprint density at radius 3 is 2.45 bits per heavy atom. The third-order valence-corrected chi connectivity index (χ3v) is 3.67. The number of aliphatic hydroxyl groups excluding tert-OH is 2. The van der Waals surface area contributed by atoms with Gasteiger partial charge < -0.3 is 20.3 Å². The third-order valence-electron chi connectivity index (χ3n) is 3.67. The summed E-state index contributed by atoms with van der Waals surface area (Å²) in [5.74, 6) is 0.614. The topological polar surface area (TPSA) is 61.7 Å². The molecule has 0 aliphatic carbocycles. The molecule has 122 valence electrons. The highest BCUT2D eigenvalue weighted by Gasteiger charge is 2.21. The Labute approximate surface area is 124 Å². The van der Waals surface area contributed by atoms with Crippen LogP contribution in [0.15, 0.2) is 0 Å². The lowest BCUT2D eigenvalue weighted by Crippen LogP contribution is -2.44. The molecule has 4 heteroatoms. The minimum Gasteiger partial charge on any atom is -0.395 e. The zero-order valence-electron chi connectivity index (χ0n) is 13.8. The van der Waals surface area contributed by atoms with Crippen molar-refractivity contribution >= 4 is 0 Å². The standard InChI is InChI=1S/C16H35NO3/c1-5-7-8-14(6-2)12-20-13-15(19)11-16(3,4)17-9-10-18/h14-15,17-19H,5-13H2,1-4H3. The average Bonchev–Trinajstić information content (AvgIpc) is 2.39. The summed E-state index contributed by atoms with van der Waals surface area (Å²) in [6.45, 7) is 10.3. The Kier molecular flexibility index (Phi) is 11.4. The Bertz CT molecular complexity index is 222. The van der Waals surface area contributed by atoms with Gasteiger partial charge in [0, 0.05) is 18.7 Å². The Hall–Kier alpha value is -0.160. The van der Waals surface area contributed by atoms with Crippen molar-refractivity contribution in [1.29, 1.82) is 0 Å². The van der Waals surface area contributed by atoms with Crippen molar-refractivity contribution in [2.75, 3.05) is 26.4 Å². The molecule has 0 heterocycles. The van der Waals surface area contributed by atoms with E-state index >= 15 is 0 Å². The molecule has 0 aromatic rings. The maximum atomic E-state index is 10.0. The van der Waals surface area contributed by atoms with Gasteiger partial charge in [-0.3, -0.25) is 0 Å². The molecular formula is C16H35NO3. The first-order chi connectivity index (χ1) is 9.45. The van der Waals surface area contributed by atoms with Crippen molar-refractivity contribution < 1.29 is 14.9 Å². The van der Waals surface area contributed by atoms with Crippen LogP contribution in [-0.2, 0) is 4.74 Å². The van der Waals surface area contributed by atoms with Crippen LogP contribution in [0.25, 0.3) is 0 Å². The van der Waals surface area contributed by atoms with Gasteiger partial charge in [-0.25, -0.2) is 0 Å². The highest BCUT2D eigenvalue weighted by atomic mass is 16.5. The Morgan fingerprint density at radius 2 is 1.90 bits per heavy atom. The molecule has 0 radical (unpaired) electrons. The second kappa shape index (κ2) is 11.5. The Morgan fingerprint density at radius 1 is 1.20 bits per heavy atom. The summed E-state index contributed by atoms with van der Waals surface area (Å²) in [6.07, 6.45) is 5.00. The lowest BCUT2D eigenvalue weighted by Gasteiger charge is -2.28. The molecule has 0 saturated heterocycles. The molecule has 0 fully saturated rings. The summed E-state index contributed by atoms with van der Waals surface area (Å²) in [4.78, 5) is 0. The molecule has 4 nitrogen and oxygen atoms in total. The quantitative estimate of drug-likeness (QED) is 0.487. The highest BCUT2D eigenvalue weighted by molar-refractivity contribution is 4.80.